The molecule has 6 nitrogen and oxygen atoms in total. The molecule has 0 spiro atoms. The first kappa shape index (κ1) is 16.4. The van der Waals surface area contributed by atoms with Gasteiger partial charge < -0.3 is 5.32 Å². The van der Waals surface area contributed by atoms with Gasteiger partial charge in [0.15, 0.2) is 0 Å². The second kappa shape index (κ2) is 6.57. The lowest BCUT2D eigenvalue weighted by atomic mass is 10.0. The first-order valence-corrected chi connectivity index (χ1v) is 7.84. The Labute approximate surface area is 144 Å². The zero-order valence-electron chi connectivity index (χ0n) is 13.9. The number of anilines is 2. The van der Waals surface area contributed by atoms with Crippen molar-refractivity contribution >= 4 is 28.0 Å². The Kier molecular flexibility index (Phi) is 4.31. The predicted octanol–water partition coefficient (Wildman–Crippen LogP) is 4.88. The molecule has 0 saturated heterocycles. The number of nitriles is 1. The Morgan fingerprint density at radius 2 is 2.04 bits per heavy atom. The molecule has 0 fully saturated rings. The SMILES string of the molecule is CC(C)c1cccc(Nc2c(C#N)cnc3ccc([N+](=O)[O-])cc23)c1. The maximum Gasteiger partial charge on any atom is 0.270 e. The second-order valence-electron chi connectivity index (χ2n) is 6.02. The van der Waals surface area contributed by atoms with Gasteiger partial charge in [0, 0.05) is 29.4 Å². The van der Waals surface area contributed by atoms with Crippen LogP contribution < -0.4 is 5.32 Å². The second-order valence-corrected chi connectivity index (χ2v) is 6.02. The highest BCUT2D eigenvalue weighted by molar-refractivity contribution is 5.97. The number of nitro groups is 1. The number of nitrogens with one attached hydrogen (secondary N) is 1. The number of nitrogens with zero attached hydrogens (tertiary/aromatic N) is 3. The van der Waals surface area contributed by atoms with Crippen molar-refractivity contribution in [3.63, 3.8) is 0 Å². The normalized spacial score (nSPS) is 10.6. The van der Waals surface area contributed by atoms with Gasteiger partial charge >= 0.3 is 0 Å². The molecule has 1 N–H and O–H groups in total. The zero-order chi connectivity index (χ0) is 18.0. The summed E-state index contributed by atoms with van der Waals surface area (Å²) in [6, 6.07) is 14.4. The third-order valence-electron chi connectivity index (χ3n) is 4.01. The smallest absolute Gasteiger partial charge is 0.270 e. The van der Waals surface area contributed by atoms with Crippen LogP contribution in [-0.2, 0) is 0 Å². The van der Waals surface area contributed by atoms with Crippen molar-refractivity contribution in [3.8, 4) is 6.07 Å². The molecule has 0 amide bonds. The van der Waals surface area contributed by atoms with Crippen LogP contribution in [0.4, 0.5) is 17.1 Å². The maximum atomic E-state index is 11.1. The van der Waals surface area contributed by atoms with E-state index in [-0.39, 0.29) is 5.69 Å². The molecule has 1 heterocycles. The summed E-state index contributed by atoms with van der Waals surface area (Å²) in [4.78, 5) is 14.8. The van der Waals surface area contributed by atoms with Crippen molar-refractivity contribution in [3.05, 3.63) is 69.9 Å². The Morgan fingerprint density at radius 1 is 1.24 bits per heavy atom. The minimum atomic E-state index is -0.457. The highest BCUT2D eigenvalue weighted by Gasteiger charge is 2.14. The molecule has 0 bridgehead atoms. The molecule has 6 heteroatoms. The molecule has 1 aromatic heterocycles. The summed E-state index contributed by atoms with van der Waals surface area (Å²) in [6.07, 6.45) is 1.47. The number of nitro benzene ring substituents is 1. The Bertz CT molecular complexity index is 1010. The fourth-order valence-corrected chi connectivity index (χ4v) is 2.63. The van der Waals surface area contributed by atoms with Gasteiger partial charge in [-0.15, -0.1) is 0 Å². The van der Waals surface area contributed by atoms with Gasteiger partial charge in [-0.05, 0) is 29.7 Å². The fourth-order valence-electron chi connectivity index (χ4n) is 2.63. The van der Waals surface area contributed by atoms with Crippen molar-refractivity contribution in [1.29, 1.82) is 5.26 Å². The standard InChI is InChI=1S/C19H16N4O2/c1-12(2)13-4-3-5-15(8-13)22-19-14(10-20)11-21-18-7-6-16(23(24)25)9-17(18)19/h3-9,11-12H,1-2H3,(H,21,22). The van der Waals surface area contributed by atoms with Crippen molar-refractivity contribution in [2.45, 2.75) is 19.8 Å². The molecule has 3 aromatic rings. The van der Waals surface area contributed by atoms with E-state index in [1.165, 1.54) is 18.3 Å². The van der Waals surface area contributed by atoms with E-state index in [0.29, 0.717) is 28.1 Å². The van der Waals surface area contributed by atoms with E-state index in [1.807, 2.05) is 24.3 Å². The molecule has 124 valence electrons. The number of hydrogen-bond acceptors (Lipinski definition) is 5. The average molecular weight is 332 g/mol. The van der Waals surface area contributed by atoms with Gasteiger partial charge in [0.25, 0.3) is 5.69 Å². The van der Waals surface area contributed by atoms with Crippen LogP contribution in [0.2, 0.25) is 0 Å². The van der Waals surface area contributed by atoms with Crippen LogP contribution in [0.5, 0.6) is 0 Å². The number of aromatic nitrogens is 1. The monoisotopic (exact) mass is 332 g/mol. The Balaban J connectivity index is 2.16. The van der Waals surface area contributed by atoms with E-state index >= 15 is 0 Å². The molecule has 0 aliphatic carbocycles. The van der Waals surface area contributed by atoms with Crippen LogP contribution in [-0.4, -0.2) is 9.91 Å². The van der Waals surface area contributed by atoms with Crippen molar-refractivity contribution in [2.24, 2.45) is 0 Å². The van der Waals surface area contributed by atoms with E-state index in [4.69, 9.17) is 0 Å². The summed E-state index contributed by atoms with van der Waals surface area (Å²) in [7, 11) is 0. The topological polar surface area (TPSA) is 91.8 Å². The number of benzene rings is 2. The first-order chi connectivity index (χ1) is 12.0. The molecule has 25 heavy (non-hydrogen) atoms. The Hall–Kier alpha value is -3.46. The highest BCUT2D eigenvalue weighted by Crippen LogP contribution is 2.32. The van der Waals surface area contributed by atoms with Gasteiger partial charge in [0.1, 0.15) is 6.07 Å². The molecular formula is C19H16N4O2. The number of hydrogen-bond donors (Lipinski definition) is 1. The summed E-state index contributed by atoms with van der Waals surface area (Å²) in [6.45, 7) is 4.20. The lowest BCUT2D eigenvalue weighted by molar-refractivity contribution is -0.384. The summed E-state index contributed by atoms with van der Waals surface area (Å²) < 4.78 is 0. The summed E-state index contributed by atoms with van der Waals surface area (Å²) >= 11 is 0. The van der Waals surface area contributed by atoms with Crippen LogP contribution in [0.25, 0.3) is 10.9 Å². The van der Waals surface area contributed by atoms with E-state index < -0.39 is 4.92 Å². The van der Waals surface area contributed by atoms with Crippen LogP contribution in [0.1, 0.15) is 30.9 Å². The van der Waals surface area contributed by atoms with Crippen molar-refractivity contribution < 1.29 is 4.92 Å². The third kappa shape index (κ3) is 3.26. The van der Waals surface area contributed by atoms with Crippen LogP contribution in [0.3, 0.4) is 0 Å². The van der Waals surface area contributed by atoms with E-state index in [1.54, 1.807) is 6.07 Å². The maximum absolute atomic E-state index is 11.1. The molecule has 0 unspecified atom stereocenters. The molecule has 3 rings (SSSR count). The van der Waals surface area contributed by atoms with Crippen molar-refractivity contribution in [2.75, 3.05) is 5.32 Å². The number of fused-ring (bicyclic) bond motifs is 1. The third-order valence-corrected chi connectivity index (χ3v) is 4.01. The molecule has 2 aromatic carbocycles. The number of non-ortho nitro benzene ring substituents is 1. The lowest BCUT2D eigenvalue weighted by Crippen LogP contribution is -1.99. The van der Waals surface area contributed by atoms with Gasteiger partial charge in [-0.2, -0.15) is 5.26 Å². The largest absolute Gasteiger partial charge is 0.354 e. The predicted molar refractivity (Wildman–Crippen MR) is 96.9 cm³/mol. The summed E-state index contributed by atoms with van der Waals surface area (Å²) in [5.41, 5.74) is 3.39. The van der Waals surface area contributed by atoms with E-state index in [0.717, 1.165) is 11.3 Å². The molecule has 0 aliphatic heterocycles. The van der Waals surface area contributed by atoms with E-state index in [2.05, 4.69) is 30.2 Å². The molecular weight excluding hydrogens is 316 g/mol. The number of pyridine rings is 1. The van der Waals surface area contributed by atoms with Crippen LogP contribution >= 0.6 is 0 Å². The van der Waals surface area contributed by atoms with Crippen LogP contribution in [0.15, 0.2) is 48.7 Å². The minimum absolute atomic E-state index is 0.0385. The van der Waals surface area contributed by atoms with Gasteiger partial charge in [-0.3, -0.25) is 15.1 Å². The van der Waals surface area contributed by atoms with Crippen molar-refractivity contribution in [1.82, 2.24) is 4.98 Å². The fraction of sp³-hybridized carbons (Fsp3) is 0.158. The van der Waals surface area contributed by atoms with Gasteiger partial charge in [-0.25, -0.2) is 0 Å². The quantitative estimate of drug-likeness (QED) is 0.543. The number of rotatable bonds is 4. The van der Waals surface area contributed by atoms with E-state index in [9.17, 15) is 15.4 Å². The van der Waals surface area contributed by atoms with Crippen LogP contribution in [0, 0.1) is 21.4 Å². The molecule has 0 aliphatic rings. The van der Waals surface area contributed by atoms with Gasteiger partial charge in [-0.1, -0.05) is 26.0 Å². The van der Waals surface area contributed by atoms with Gasteiger partial charge in [0.05, 0.1) is 21.7 Å². The molecule has 0 saturated carbocycles. The highest BCUT2D eigenvalue weighted by atomic mass is 16.6. The molecule has 0 atom stereocenters. The lowest BCUT2D eigenvalue weighted by Gasteiger charge is -2.13. The molecule has 0 radical (unpaired) electrons. The first-order valence-electron chi connectivity index (χ1n) is 7.84. The summed E-state index contributed by atoms with van der Waals surface area (Å²) in [5.74, 6) is 0.368. The Morgan fingerprint density at radius 3 is 2.72 bits per heavy atom. The minimum Gasteiger partial charge on any atom is -0.354 e. The van der Waals surface area contributed by atoms with Gasteiger partial charge in [0.2, 0.25) is 0 Å². The summed E-state index contributed by atoms with van der Waals surface area (Å²) in [5, 5.41) is 24.3. The zero-order valence-corrected chi connectivity index (χ0v) is 13.9. The average Bonchev–Trinajstić information content (AvgIpc) is 2.61.